The summed E-state index contributed by atoms with van der Waals surface area (Å²) in [5.41, 5.74) is -0.234. The molecule has 0 spiro atoms. The highest BCUT2D eigenvalue weighted by Gasteiger charge is 2.33. The van der Waals surface area contributed by atoms with Crippen molar-refractivity contribution in [2.75, 3.05) is 6.61 Å². The van der Waals surface area contributed by atoms with E-state index >= 15 is 4.39 Å². The van der Waals surface area contributed by atoms with Crippen molar-refractivity contribution in [2.45, 2.75) is 6.92 Å². The Hall–Kier alpha value is -3.52. The van der Waals surface area contributed by atoms with Gasteiger partial charge in [-0.15, -0.1) is 0 Å². The van der Waals surface area contributed by atoms with Crippen molar-refractivity contribution in [1.29, 1.82) is 0 Å². The molecule has 3 rings (SSSR count). The van der Waals surface area contributed by atoms with Crippen LogP contribution >= 0.6 is 11.6 Å². The standard InChI is InChI=1S/C21H15ClF2N2O4/c1-2-29-19-15(21(28)26-24)20(30-13-8-4-3-5-9-13)17(23)14(16(19)22)18(27)12-7-6-10-25-11-12/h3-11H,2H2,1H3,(H,26,28). The Balaban J connectivity index is 2.30. The number of aromatic nitrogens is 1. The van der Waals surface area contributed by atoms with Crippen LogP contribution in [0.3, 0.4) is 0 Å². The summed E-state index contributed by atoms with van der Waals surface area (Å²) in [5, 5.41) is -0.484. The number of hydrogen-bond donors (Lipinski definition) is 1. The minimum absolute atomic E-state index is 0.00319. The highest BCUT2D eigenvalue weighted by atomic mass is 35.5. The number of para-hydroxylation sites is 1. The molecular formula is C21H15ClF2N2O4. The first-order chi connectivity index (χ1) is 14.5. The predicted octanol–water partition coefficient (Wildman–Crippen LogP) is 4.91. The van der Waals surface area contributed by atoms with Crippen molar-refractivity contribution < 1.29 is 27.9 Å². The van der Waals surface area contributed by atoms with Gasteiger partial charge in [-0.2, -0.15) is 5.54 Å². The molecule has 9 heteroatoms. The number of carbonyl (C=O) groups is 2. The van der Waals surface area contributed by atoms with E-state index in [2.05, 4.69) is 4.98 Å². The van der Waals surface area contributed by atoms with Crippen molar-refractivity contribution in [1.82, 2.24) is 10.5 Å². The molecule has 0 atom stereocenters. The van der Waals surface area contributed by atoms with Crippen LogP contribution in [0.1, 0.15) is 33.2 Å². The molecule has 0 radical (unpaired) electrons. The second-order valence-electron chi connectivity index (χ2n) is 5.88. The Morgan fingerprint density at radius 2 is 1.83 bits per heavy atom. The van der Waals surface area contributed by atoms with E-state index < -0.39 is 39.4 Å². The van der Waals surface area contributed by atoms with Gasteiger partial charge in [-0.25, -0.2) is 4.39 Å². The fourth-order valence-corrected chi connectivity index (χ4v) is 3.04. The number of ketones is 1. The maximum absolute atomic E-state index is 15.5. The summed E-state index contributed by atoms with van der Waals surface area (Å²) in [6.07, 6.45) is 2.68. The fraction of sp³-hybridized carbons (Fsp3) is 0.0952. The van der Waals surface area contributed by atoms with Gasteiger partial charge in [0.25, 0.3) is 5.91 Å². The summed E-state index contributed by atoms with van der Waals surface area (Å²) in [4.78, 5) is 29.0. The molecular weight excluding hydrogens is 418 g/mol. The number of nitrogens with one attached hydrogen (secondary N) is 1. The van der Waals surface area contributed by atoms with Gasteiger partial charge in [0.15, 0.2) is 23.1 Å². The SMILES string of the molecule is CCOc1c(Cl)c(C(=O)c2cccnc2)c(F)c(Oc2ccccc2)c1C(=O)NF. The van der Waals surface area contributed by atoms with Crippen LogP contribution in [0.25, 0.3) is 0 Å². The Morgan fingerprint density at radius 1 is 1.10 bits per heavy atom. The van der Waals surface area contributed by atoms with E-state index in [1.54, 1.807) is 25.1 Å². The third kappa shape index (κ3) is 4.08. The highest BCUT2D eigenvalue weighted by Crippen LogP contribution is 2.44. The van der Waals surface area contributed by atoms with Crippen LogP contribution in [0.15, 0.2) is 54.9 Å². The minimum atomic E-state index is -1.34. The molecule has 0 unspecified atom stereocenters. The molecule has 6 nitrogen and oxygen atoms in total. The zero-order valence-electron chi connectivity index (χ0n) is 15.6. The predicted molar refractivity (Wildman–Crippen MR) is 105 cm³/mol. The Bertz CT molecular complexity index is 1080. The number of pyridine rings is 1. The minimum Gasteiger partial charge on any atom is -0.491 e. The Kier molecular flexibility index (Phi) is 6.58. The van der Waals surface area contributed by atoms with E-state index in [-0.39, 0.29) is 23.7 Å². The van der Waals surface area contributed by atoms with Gasteiger partial charge >= 0.3 is 0 Å². The number of benzene rings is 2. The molecule has 0 saturated carbocycles. The van der Waals surface area contributed by atoms with E-state index in [1.807, 2.05) is 0 Å². The van der Waals surface area contributed by atoms with Gasteiger partial charge in [0.2, 0.25) is 0 Å². The number of halogens is 3. The zero-order chi connectivity index (χ0) is 21.7. The third-order valence-electron chi connectivity index (χ3n) is 4.01. The summed E-state index contributed by atoms with van der Waals surface area (Å²) in [6, 6.07) is 10.8. The van der Waals surface area contributed by atoms with Crippen LogP contribution in [0.4, 0.5) is 8.87 Å². The average Bonchev–Trinajstić information content (AvgIpc) is 2.78. The molecule has 1 aromatic heterocycles. The van der Waals surface area contributed by atoms with Crippen LogP contribution in [-0.2, 0) is 0 Å². The lowest BCUT2D eigenvalue weighted by Gasteiger charge is -2.19. The van der Waals surface area contributed by atoms with Gasteiger partial charge in [-0.05, 0) is 31.2 Å². The molecule has 1 heterocycles. The van der Waals surface area contributed by atoms with Crippen LogP contribution in [0, 0.1) is 5.82 Å². The van der Waals surface area contributed by atoms with Crippen LogP contribution in [0.2, 0.25) is 5.02 Å². The number of carbonyl (C=O) groups excluding carboxylic acids is 2. The van der Waals surface area contributed by atoms with E-state index in [0.717, 1.165) is 5.54 Å². The number of nitrogens with zero attached hydrogens (tertiary/aromatic N) is 1. The van der Waals surface area contributed by atoms with Gasteiger partial charge in [0.05, 0.1) is 17.2 Å². The number of rotatable bonds is 7. The number of ether oxygens (including phenoxy) is 2. The first-order valence-electron chi connectivity index (χ1n) is 8.75. The fourth-order valence-electron chi connectivity index (χ4n) is 2.72. The molecule has 0 aliphatic carbocycles. The summed E-state index contributed by atoms with van der Waals surface area (Å²) in [5.74, 6) is -4.32. The second kappa shape index (κ2) is 9.32. The summed E-state index contributed by atoms with van der Waals surface area (Å²) < 4.78 is 39.5. The molecule has 0 aliphatic rings. The average molecular weight is 433 g/mol. The summed E-state index contributed by atoms with van der Waals surface area (Å²) >= 11 is 6.25. The monoisotopic (exact) mass is 432 g/mol. The first-order valence-corrected chi connectivity index (χ1v) is 9.13. The van der Waals surface area contributed by atoms with Gasteiger partial charge in [0.1, 0.15) is 11.3 Å². The second-order valence-corrected chi connectivity index (χ2v) is 6.26. The van der Waals surface area contributed by atoms with Gasteiger partial charge < -0.3 is 9.47 Å². The van der Waals surface area contributed by atoms with Crippen molar-refractivity contribution in [2.24, 2.45) is 0 Å². The maximum Gasteiger partial charge on any atom is 0.286 e. The van der Waals surface area contributed by atoms with Gasteiger partial charge in [0, 0.05) is 18.0 Å². The smallest absolute Gasteiger partial charge is 0.286 e. The molecule has 1 amide bonds. The number of amides is 1. The van der Waals surface area contributed by atoms with Gasteiger partial charge in [-0.1, -0.05) is 34.3 Å². The van der Waals surface area contributed by atoms with E-state index in [4.69, 9.17) is 21.1 Å². The van der Waals surface area contributed by atoms with Crippen molar-refractivity contribution in [3.8, 4) is 17.2 Å². The number of hydrogen-bond acceptors (Lipinski definition) is 5. The molecule has 0 bridgehead atoms. The largest absolute Gasteiger partial charge is 0.491 e. The quantitative estimate of drug-likeness (QED) is 0.424. The van der Waals surface area contributed by atoms with Crippen molar-refractivity contribution >= 4 is 23.3 Å². The van der Waals surface area contributed by atoms with Crippen molar-refractivity contribution in [3.63, 3.8) is 0 Å². The lowest BCUT2D eigenvalue weighted by molar-refractivity contribution is 0.0850. The normalized spacial score (nSPS) is 10.4. The molecule has 154 valence electrons. The summed E-state index contributed by atoms with van der Waals surface area (Å²) in [6.45, 7) is 1.58. The Labute approximate surface area is 175 Å². The molecule has 1 N–H and O–H groups in total. The lowest BCUT2D eigenvalue weighted by Crippen LogP contribution is -2.19. The first kappa shape index (κ1) is 21.2. The Morgan fingerprint density at radius 3 is 2.43 bits per heavy atom. The van der Waals surface area contributed by atoms with Gasteiger partial charge in [-0.3, -0.25) is 14.6 Å². The molecule has 0 saturated heterocycles. The summed E-state index contributed by atoms with van der Waals surface area (Å²) in [7, 11) is 0. The zero-order valence-corrected chi connectivity index (χ0v) is 16.4. The molecule has 0 fully saturated rings. The third-order valence-corrected chi connectivity index (χ3v) is 4.37. The molecule has 0 aliphatic heterocycles. The van der Waals surface area contributed by atoms with Crippen LogP contribution in [0.5, 0.6) is 17.2 Å². The molecule has 3 aromatic rings. The van der Waals surface area contributed by atoms with E-state index in [1.165, 1.54) is 36.7 Å². The lowest BCUT2D eigenvalue weighted by atomic mass is 10.00. The molecule has 30 heavy (non-hydrogen) atoms. The van der Waals surface area contributed by atoms with Crippen LogP contribution < -0.4 is 15.0 Å². The molecule has 2 aromatic carbocycles. The van der Waals surface area contributed by atoms with E-state index in [0.29, 0.717) is 0 Å². The van der Waals surface area contributed by atoms with Crippen molar-refractivity contribution in [3.05, 3.63) is 82.4 Å². The van der Waals surface area contributed by atoms with E-state index in [9.17, 15) is 14.1 Å². The van der Waals surface area contributed by atoms with Crippen LogP contribution in [-0.4, -0.2) is 23.3 Å². The topological polar surface area (TPSA) is 77.5 Å². The highest BCUT2D eigenvalue weighted by molar-refractivity contribution is 6.37. The maximum atomic E-state index is 15.5.